The molecule has 1 aromatic heterocycles. The Bertz CT molecular complexity index is 638. The Morgan fingerprint density at radius 1 is 1.08 bits per heavy atom. The number of nitrogens with one attached hydrogen (secondary N) is 2. The average Bonchev–Trinajstić information content (AvgIpc) is 2.63. The second-order valence-electron chi connectivity index (χ2n) is 5.09. The number of hydrogen-bond acceptors (Lipinski definition) is 4. The fraction of sp³-hybridized carbons (Fsp3) is 0.333. The van der Waals surface area contributed by atoms with Crippen molar-refractivity contribution in [3.8, 4) is 5.75 Å². The maximum absolute atomic E-state index is 5.62. The predicted octanol–water partition coefficient (Wildman–Crippen LogP) is 2.59. The van der Waals surface area contributed by atoms with Crippen molar-refractivity contribution in [3.05, 3.63) is 59.9 Å². The largest absolute Gasteiger partial charge is 0.491 e. The molecule has 0 atom stereocenters. The molecule has 1 heterocycles. The summed E-state index contributed by atoms with van der Waals surface area (Å²) in [5.74, 6) is 1.56. The van der Waals surface area contributed by atoms with Crippen molar-refractivity contribution in [2.24, 2.45) is 4.99 Å². The van der Waals surface area contributed by atoms with Crippen LogP contribution in [-0.2, 0) is 17.8 Å². The molecule has 25 heavy (non-hydrogen) atoms. The number of halogens is 1. The first-order chi connectivity index (χ1) is 11.8. The first-order valence-electron chi connectivity index (χ1n) is 7.87. The summed E-state index contributed by atoms with van der Waals surface area (Å²) in [6, 6.07) is 13.8. The number of benzene rings is 1. The Labute approximate surface area is 166 Å². The van der Waals surface area contributed by atoms with Crippen LogP contribution in [0.1, 0.15) is 11.3 Å². The molecule has 0 radical (unpaired) electrons. The van der Waals surface area contributed by atoms with Crippen molar-refractivity contribution in [1.82, 2.24) is 15.6 Å². The number of nitrogens with zero attached hydrogens (tertiary/aromatic N) is 2. The normalized spacial score (nSPS) is 10.7. The van der Waals surface area contributed by atoms with Crippen LogP contribution in [0, 0.1) is 0 Å². The molecule has 0 aliphatic heterocycles. The van der Waals surface area contributed by atoms with E-state index in [9.17, 15) is 0 Å². The summed E-state index contributed by atoms with van der Waals surface area (Å²) in [6.07, 6.45) is 1.78. The Morgan fingerprint density at radius 2 is 1.92 bits per heavy atom. The van der Waals surface area contributed by atoms with Crippen LogP contribution in [0.4, 0.5) is 0 Å². The summed E-state index contributed by atoms with van der Waals surface area (Å²) < 4.78 is 10.6. The maximum atomic E-state index is 5.62. The van der Waals surface area contributed by atoms with Crippen LogP contribution in [-0.4, -0.2) is 38.3 Å². The number of hydrogen-bond donors (Lipinski definition) is 2. The topological polar surface area (TPSA) is 67.8 Å². The van der Waals surface area contributed by atoms with Crippen molar-refractivity contribution in [2.75, 3.05) is 27.4 Å². The molecule has 0 fully saturated rings. The fourth-order valence-electron chi connectivity index (χ4n) is 2.07. The number of ether oxygens (including phenoxy) is 2. The lowest BCUT2D eigenvalue weighted by Crippen LogP contribution is -2.36. The molecule has 0 aliphatic rings. The van der Waals surface area contributed by atoms with Gasteiger partial charge in [0, 0.05) is 26.9 Å². The summed E-state index contributed by atoms with van der Waals surface area (Å²) >= 11 is 0. The minimum atomic E-state index is 0. The molecule has 7 heteroatoms. The molecular formula is C18H25IN4O2. The van der Waals surface area contributed by atoms with E-state index in [0.29, 0.717) is 26.3 Å². The molecule has 0 bridgehead atoms. The zero-order valence-corrected chi connectivity index (χ0v) is 16.9. The molecule has 2 rings (SSSR count). The first-order valence-corrected chi connectivity index (χ1v) is 7.87. The number of pyridine rings is 1. The van der Waals surface area contributed by atoms with Crippen LogP contribution in [0.2, 0.25) is 0 Å². The highest BCUT2D eigenvalue weighted by molar-refractivity contribution is 14.0. The van der Waals surface area contributed by atoms with E-state index < -0.39 is 0 Å². The van der Waals surface area contributed by atoms with Gasteiger partial charge in [-0.3, -0.25) is 9.98 Å². The molecule has 0 amide bonds. The van der Waals surface area contributed by atoms with E-state index in [-0.39, 0.29) is 24.0 Å². The van der Waals surface area contributed by atoms with Crippen LogP contribution < -0.4 is 15.4 Å². The molecule has 0 saturated carbocycles. The van der Waals surface area contributed by atoms with Gasteiger partial charge in [-0.15, -0.1) is 24.0 Å². The van der Waals surface area contributed by atoms with Crippen molar-refractivity contribution < 1.29 is 9.47 Å². The van der Waals surface area contributed by atoms with Crippen LogP contribution >= 0.6 is 24.0 Å². The molecule has 0 unspecified atom stereocenters. The van der Waals surface area contributed by atoms with Crippen molar-refractivity contribution in [1.29, 1.82) is 0 Å². The molecular weight excluding hydrogens is 431 g/mol. The van der Waals surface area contributed by atoms with Crippen molar-refractivity contribution in [3.63, 3.8) is 0 Å². The molecule has 2 N–H and O–H groups in total. The van der Waals surface area contributed by atoms with Crippen LogP contribution in [0.15, 0.2) is 53.7 Å². The monoisotopic (exact) mass is 456 g/mol. The second kappa shape index (κ2) is 12.5. The van der Waals surface area contributed by atoms with E-state index in [1.165, 1.54) is 0 Å². The first kappa shape index (κ1) is 21.2. The van der Waals surface area contributed by atoms with E-state index in [2.05, 4.69) is 20.6 Å². The quantitative estimate of drug-likeness (QED) is 0.277. The third kappa shape index (κ3) is 8.17. The summed E-state index contributed by atoms with van der Waals surface area (Å²) in [6.45, 7) is 2.40. The van der Waals surface area contributed by atoms with Gasteiger partial charge in [-0.1, -0.05) is 18.2 Å². The zero-order valence-electron chi connectivity index (χ0n) is 14.6. The van der Waals surface area contributed by atoms with Gasteiger partial charge in [0.1, 0.15) is 12.4 Å². The Morgan fingerprint density at radius 3 is 2.64 bits per heavy atom. The highest BCUT2D eigenvalue weighted by atomic mass is 127. The van der Waals surface area contributed by atoms with Gasteiger partial charge in [0.25, 0.3) is 0 Å². The van der Waals surface area contributed by atoms with Crippen LogP contribution in [0.5, 0.6) is 5.75 Å². The molecule has 1 aromatic carbocycles. The SMILES string of the molecule is CN=C(NCc1cccc(OCCOC)c1)NCc1ccccn1.I. The van der Waals surface area contributed by atoms with Gasteiger partial charge in [-0.25, -0.2) is 0 Å². The average molecular weight is 456 g/mol. The van der Waals surface area contributed by atoms with Gasteiger partial charge in [-0.05, 0) is 29.8 Å². The molecule has 6 nitrogen and oxygen atoms in total. The standard InChI is InChI=1S/C18H24N4O2.HI/c1-19-18(22-14-16-7-3-4-9-20-16)21-13-15-6-5-8-17(12-15)24-11-10-23-2;/h3-9,12H,10-11,13-14H2,1-2H3,(H2,19,21,22);1H. The third-order valence-electron chi connectivity index (χ3n) is 3.30. The molecule has 0 saturated heterocycles. The molecule has 0 aliphatic carbocycles. The summed E-state index contributed by atoms with van der Waals surface area (Å²) in [5.41, 5.74) is 2.08. The number of aliphatic imine (C=N–C) groups is 1. The van der Waals surface area contributed by atoms with Crippen LogP contribution in [0.25, 0.3) is 0 Å². The highest BCUT2D eigenvalue weighted by Crippen LogP contribution is 2.13. The minimum absolute atomic E-state index is 0. The Hall–Kier alpha value is -1.87. The summed E-state index contributed by atoms with van der Waals surface area (Å²) in [5, 5.41) is 6.52. The highest BCUT2D eigenvalue weighted by Gasteiger charge is 2.01. The lowest BCUT2D eigenvalue weighted by Gasteiger charge is -2.12. The fourth-order valence-corrected chi connectivity index (χ4v) is 2.07. The Kier molecular flexibility index (Phi) is 10.6. The Balaban J connectivity index is 0.00000312. The molecule has 2 aromatic rings. The summed E-state index contributed by atoms with van der Waals surface area (Å²) in [4.78, 5) is 8.50. The van der Waals surface area contributed by atoms with Gasteiger partial charge < -0.3 is 20.1 Å². The van der Waals surface area contributed by atoms with Crippen molar-refractivity contribution in [2.45, 2.75) is 13.1 Å². The van der Waals surface area contributed by atoms with Gasteiger partial charge in [0.2, 0.25) is 0 Å². The molecule has 0 spiro atoms. The van der Waals surface area contributed by atoms with Gasteiger partial charge in [0.15, 0.2) is 5.96 Å². The zero-order chi connectivity index (χ0) is 17.0. The van der Waals surface area contributed by atoms with Crippen LogP contribution in [0.3, 0.4) is 0 Å². The van der Waals surface area contributed by atoms with Gasteiger partial charge in [0.05, 0.1) is 18.8 Å². The molecule has 136 valence electrons. The minimum Gasteiger partial charge on any atom is -0.491 e. The van der Waals surface area contributed by atoms with E-state index in [4.69, 9.17) is 9.47 Å². The predicted molar refractivity (Wildman–Crippen MR) is 111 cm³/mol. The van der Waals surface area contributed by atoms with E-state index in [1.807, 2.05) is 42.5 Å². The lowest BCUT2D eigenvalue weighted by atomic mass is 10.2. The smallest absolute Gasteiger partial charge is 0.191 e. The third-order valence-corrected chi connectivity index (χ3v) is 3.30. The number of rotatable bonds is 8. The lowest BCUT2D eigenvalue weighted by molar-refractivity contribution is 0.146. The second-order valence-corrected chi connectivity index (χ2v) is 5.09. The number of aromatic nitrogens is 1. The van der Waals surface area contributed by atoms with E-state index >= 15 is 0 Å². The summed E-state index contributed by atoms with van der Waals surface area (Å²) in [7, 11) is 3.41. The van der Waals surface area contributed by atoms with Gasteiger partial charge >= 0.3 is 0 Å². The number of guanidine groups is 1. The van der Waals surface area contributed by atoms with Crippen molar-refractivity contribution >= 4 is 29.9 Å². The van der Waals surface area contributed by atoms with E-state index in [0.717, 1.165) is 23.0 Å². The maximum Gasteiger partial charge on any atom is 0.191 e. The van der Waals surface area contributed by atoms with E-state index in [1.54, 1.807) is 20.4 Å². The van der Waals surface area contributed by atoms with Gasteiger partial charge in [-0.2, -0.15) is 0 Å². The number of methoxy groups -OCH3 is 1.